The van der Waals surface area contributed by atoms with Crippen LogP contribution in [0.2, 0.25) is 5.02 Å². The molecular formula is C46H65ClF2N12O13P2. The molecule has 3 fully saturated rings. The van der Waals surface area contributed by atoms with E-state index in [0.717, 1.165) is 32.6 Å². The number of aliphatic hydroxyl groups excluding tert-OH is 1. The lowest BCUT2D eigenvalue weighted by Crippen LogP contribution is -2.47. The molecule has 0 amide bonds. The first-order chi connectivity index (χ1) is 36.0. The molecule has 0 saturated carbocycles. The summed E-state index contributed by atoms with van der Waals surface area (Å²) in [6.45, 7) is 13.1. The molecule has 76 heavy (non-hydrogen) atoms. The Labute approximate surface area is 441 Å². The number of halogens is 3. The van der Waals surface area contributed by atoms with Gasteiger partial charge in [-0.15, -0.1) is 0 Å². The van der Waals surface area contributed by atoms with Gasteiger partial charge in [-0.3, -0.25) is 23.2 Å². The average Bonchev–Trinajstić information content (AvgIpc) is 4.14. The van der Waals surface area contributed by atoms with Gasteiger partial charge in [0.2, 0.25) is 0 Å². The number of hydrogen-bond acceptors (Lipinski definition) is 21. The highest BCUT2D eigenvalue weighted by Gasteiger charge is 2.62. The second-order valence-electron chi connectivity index (χ2n) is 19.0. The zero-order chi connectivity index (χ0) is 55.3. The van der Waals surface area contributed by atoms with Crippen molar-refractivity contribution in [1.82, 2.24) is 49.3 Å². The van der Waals surface area contributed by atoms with E-state index in [1.54, 1.807) is 0 Å². The molecule has 4 aromatic heterocycles. The Bertz CT molecular complexity index is 2900. The van der Waals surface area contributed by atoms with Crippen molar-refractivity contribution in [2.24, 2.45) is 11.8 Å². The Morgan fingerprint density at radius 2 is 1.37 bits per heavy atom. The van der Waals surface area contributed by atoms with Crippen LogP contribution in [-0.2, 0) is 51.2 Å². The number of ether oxygens (including phenoxy) is 4. The monoisotopic (exact) mass is 1130 g/mol. The molecule has 30 heteroatoms. The first-order valence-corrected chi connectivity index (χ1v) is 28.2. The van der Waals surface area contributed by atoms with Crippen LogP contribution < -0.4 is 26.2 Å². The van der Waals surface area contributed by atoms with Crippen molar-refractivity contribution in [3.05, 3.63) is 65.7 Å². The first kappa shape index (κ1) is 58.6. The molecule has 0 spiro atoms. The van der Waals surface area contributed by atoms with Crippen molar-refractivity contribution in [3.63, 3.8) is 0 Å². The SMILES string of the molecule is CCC(CC)COC(=O)[C@H](C)NP(=O)(OC[C@H]1O[C@@H](c2cnc3c(N)ncnn23)[C@](C)(F)[C@@H]1O)Oc1ccc(Cl)cc1.CCC(CC)COC(=O)[C@H](C)NP1(=O)OC[C@H]2O[C@@H](c3cnc4c(N)ncnn34)[C@](C)(F)[C@@H]2O1. The topological polar surface area (TPSA) is 325 Å². The molecule has 7 N–H and O–H groups in total. The Kier molecular flexibility index (Phi) is 18.8. The lowest BCUT2D eigenvalue weighted by molar-refractivity contribution is -0.147. The van der Waals surface area contributed by atoms with Gasteiger partial charge in [0.15, 0.2) is 34.3 Å². The number of rotatable bonds is 21. The summed E-state index contributed by atoms with van der Waals surface area (Å²) in [5.41, 5.74) is 8.13. The van der Waals surface area contributed by atoms with Crippen LogP contribution in [-0.4, -0.2) is 130 Å². The quantitative estimate of drug-likeness (QED) is 0.0391. The maximum Gasteiger partial charge on any atom is 0.459 e. The number of nitrogens with one attached hydrogen (secondary N) is 2. The Balaban J connectivity index is 0.000000226. The highest BCUT2D eigenvalue weighted by atomic mass is 35.5. The van der Waals surface area contributed by atoms with Crippen LogP contribution in [0.4, 0.5) is 20.4 Å². The van der Waals surface area contributed by atoms with Crippen molar-refractivity contribution >= 4 is 62.0 Å². The number of fused-ring (bicyclic) bond motifs is 3. The smallest absolute Gasteiger partial charge is 0.459 e. The van der Waals surface area contributed by atoms with Crippen molar-refractivity contribution in [1.29, 1.82) is 0 Å². The summed E-state index contributed by atoms with van der Waals surface area (Å²) in [6, 6.07) is 3.87. The minimum atomic E-state index is -4.34. The molecule has 8 rings (SSSR count). The molecule has 7 heterocycles. The summed E-state index contributed by atoms with van der Waals surface area (Å²) in [5, 5.41) is 24.5. The number of nitrogens with zero attached hydrogens (tertiary/aromatic N) is 8. The number of anilines is 2. The van der Waals surface area contributed by atoms with E-state index >= 15 is 8.78 Å². The second-order valence-corrected chi connectivity index (χ2v) is 22.8. The van der Waals surface area contributed by atoms with Gasteiger partial charge in [-0.2, -0.15) is 15.3 Å². The molecule has 418 valence electrons. The van der Waals surface area contributed by atoms with Gasteiger partial charge >= 0.3 is 27.4 Å². The number of carbonyl (C=O) groups excluding carboxylic acids is 2. The number of benzene rings is 1. The predicted molar refractivity (Wildman–Crippen MR) is 270 cm³/mol. The van der Waals surface area contributed by atoms with Gasteiger partial charge in [0.1, 0.15) is 67.1 Å². The van der Waals surface area contributed by atoms with Crippen LogP contribution in [0.15, 0.2) is 49.3 Å². The number of aromatic nitrogens is 8. The molecule has 3 saturated heterocycles. The van der Waals surface area contributed by atoms with E-state index in [1.165, 1.54) is 79.1 Å². The number of nitrogen functional groups attached to an aromatic ring is 2. The number of alkyl halides is 2. The fourth-order valence-electron chi connectivity index (χ4n) is 8.59. The van der Waals surface area contributed by atoms with Gasteiger partial charge in [0.05, 0.1) is 50.2 Å². The van der Waals surface area contributed by atoms with E-state index in [0.29, 0.717) is 10.7 Å². The summed E-state index contributed by atoms with van der Waals surface area (Å²) in [4.78, 5) is 41.1. The van der Waals surface area contributed by atoms with Crippen molar-refractivity contribution in [3.8, 4) is 5.75 Å². The molecule has 1 aromatic carbocycles. The van der Waals surface area contributed by atoms with E-state index in [-0.39, 0.29) is 66.0 Å². The molecule has 0 bridgehead atoms. The number of imidazole rings is 2. The third-order valence-corrected chi connectivity index (χ3v) is 17.1. The van der Waals surface area contributed by atoms with Crippen molar-refractivity contribution in [2.45, 2.75) is 141 Å². The van der Waals surface area contributed by atoms with Crippen LogP contribution in [0, 0.1) is 11.8 Å². The number of nitrogens with two attached hydrogens (primary N) is 2. The molecule has 0 aliphatic carbocycles. The second kappa shape index (κ2) is 24.3. The summed E-state index contributed by atoms with van der Waals surface area (Å²) < 4.78 is 106. The van der Waals surface area contributed by atoms with Gasteiger partial charge in [-0.05, 0) is 63.8 Å². The summed E-state index contributed by atoms with van der Waals surface area (Å²) in [6.07, 6.45) is 0.984. The maximum atomic E-state index is 16.1. The Morgan fingerprint density at radius 1 is 0.855 bits per heavy atom. The third kappa shape index (κ3) is 12.9. The molecule has 12 atom stereocenters. The summed E-state index contributed by atoms with van der Waals surface area (Å²) in [7, 11) is -8.37. The van der Waals surface area contributed by atoms with E-state index in [9.17, 15) is 23.8 Å². The average molecular weight is 1130 g/mol. The van der Waals surface area contributed by atoms with E-state index in [4.69, 9.17) is 60.1 Å². The summed E-state index contributed by atoms with van der Waals surface area (Å²) in [5.74, 6) is -0.484. The number of carbonyl (C=O) groups is 2. The number of esters is 2. The lowest BCUT2D eigenvalue weighted by atomic mass is 9.93. The highest BCUT2D eigenvalue weighted by Crippen LogP contribution is 2.58. The first-order valence-electron chi connectivity index (χ1n) is 24.7. The van der Waals surface area contributed by atoms with Gasteiger partial charge in [0, 0.05) is 5.02 Å². The van der Waals surface area contributed by atoms with E-state index in [1.807, 2.05) is 27.7 Å². The Morgan fingerprint density at radius 3 is 1.89 bits per heavy atom. The van der Waals surface area contributed by atoms with Crippen LogP contribution in [0.25, 0.3) is 11.3 Å². The van der Waals surface area contributed by atoms with E-state index < -0.39 is 94.1 Å². The molecule has 0 radical (unpaired) electrons. The fraction of sp³-hybridized carbons (Fsp3) is 0.609. The van der Waals surface area contributed by atoms with Crippen molar-refractivity contribution in [2.75, 3.05) is 37.9 Å². The van der Waals surface area contributed by atoms with Crippen molar-refractivity contribution < 1.29 is 69.6 Å². The fourth-order valence-corrected chi connectivity index (χ4v) is 12.0. The predicted octanol–water partition coefficient (Wildman–Crippen LogP) is 6.41. The maximum absolute atomic E-state index is 16.1. The largest absolute Gasteiger partial charge is 0.464 e. The zero-order valence-electron chi connectivity index (χ0n) is 43.2. The molecular weight excluding hydrogens is 1060 g/mol. The Hall–Kier alpha value is -5.05. The third-order valence-electron chi connectivity index (χ3n) is 13.5. The van der Waals surface area contributed by atoms with Crippen LogP contribution in [0.3, 0.4) is 0 Å². The number of hydrogen-bond donors (Lipinski definition) is 5. The highest BCUT2D eigenvalue weighted by molar-refractivity contribution is 7.52. The summed E-state index contributed by atoms with van der Waals surface area (Å²) >= 11 is 5.95. The molecule has 3 aliphatic heterocycles. The van der Waals surface area contributed by atoms with Gasteiger partial charge in [-0.1, -0.05) is 65.0 Å². The normalized spacial score (nSPS) is 27.9. The zero-order valence-corrected chi connectivity index (χ0v) is 45.7. The van der Waals surface area contributed by atoms with Gasteiger partial charge in [0.25, 0.3) is 0 Å². The van der Waals surface area contributed by atoms with Crippen LogP contribution >= 0.6 is 27.1 Å². The van der Waals surface area contributed by atoms with Crippen LogP contribution in [0.1, 0.15) is 105 Å². The van der Waals surface area contributed by atoms with Crippen LogP contribution in [0.5, 0.6) is 5.75 Å². The minimum Gasteiger partial charge on any atom is -0.464 e. The van der Waals surface area contributed by atoms with E-state index in [2.05, 4.69) is 40.3 Å². The van der Waals surface area contributed by atoms with Gasteiger partial charge < -0.3 is 40.0 Å². The molecule has 5 aromatic rings. The minimum absolute atomic E-state index is 0.0779. The standard InChI is InChI=1S/C26H35ClFN6O7P.C20H30FN6O6P/c1-5-16(6-2)12-38-25(36)15(3)33-42(37,41-18-9-7-17(27)8-10-18)39-13-20-21(35)26(4,28)22(40-20)19-11-30-24-23(29)31-14-32-34(19)24;1-5-12(6-2)8-30-19(28)11(3)26-34(29)31-9-14-16(33-34)20(4,21)15(32-14)13-7-23-18-17(22)24-10-25-27(13)18/h7-11,14-16,20-22,35H,5-6,12-13H2,1-4H3,(H,33,37)(H2,29,31,32);7,10-12,14-16H,5-6,8-9H2,1-4H3,(H,26,29)(H2,22,24,25)/t15-,20+,21+,22-,26+,42?;11-,14+,15-,16+,20-,34?/m00/s1. The van der Waals surface area contributed by atoms with Gasteiger partial charge in [-0.25, -0.2) is 52.0 Å². The number of aliphatic hydroxyl groups is 1. The lowest BCUT2D eigenvalue weighted by Gasteiger charge is -2.35. The molecule has 2 unspecified atom stereocenters. The molecule has 3 aliphatic rings. The molecule has 25 nitrogen and oxygen atoms in total.